The molecule has 0 bridgehead atoms. The van der Waals surface area contributed by atoms with Crippen LogP contribution < -0.4 is 10.3 Å². The Labute approximate surface area is 90.4 Å². The van der Waals surface area contributed by atoms with Gasteiger partial charge < -0.3 is 25.5 Å². The maximum Gasteiger partial charge on any atom is 0.418 e. The van der Waals surface area contributed by atoms with E-state index in [2.05, 4.69) is 34.3 Å². The Morgan fingerprint density at radius 3 is 1.62 bits per heavy atom. The van der Waals surface area contributed by atoms with Crippen LogP contribution in [0.25, 0.3) is 0 Å². The third-order valence-electron chi connectivity index (χ3n) is 1.33. The Kier molecular flexibility index (Phi) is 6.28. The number of nitrogens with two attached hydrogens (primary N) is 1. The first-order valence-corrected chi connectivity index (χ1v) is 4.50. The highest BCUT2D eigenvalue weighted by molar-refractivity contribution is 5.10. The van der Waals surface area contributed by atoms with Crippen LogP contribution in [0.15, 0.2) is 0 Å². The third-order valence-corrected chi connectivity index (χ3v) is 1.33. The molecule has 10 heteroatoms. The lowest BCUT2D eigenvalue weighted by atomic mass is 10.7. The molecule has 0 aliphatic rings. The van der Waals surface area contributed by atoms with Crippen LogP contribution in [0.4, 0.5) is 11.9 Å². The number of nitro groups is 2. The van der Waals surface area contributed by atoms with Crippen molar-refractivity contribution < 1.29 is 15.2 Å². The van der Waals surface area contributed by atoms with Crippen LogP contribution in [0.1, 0.15) is 13.8 Å². The lowest BCUT2D eigenvalue weighted by Crippen LogP contribution is -2.82. The number of hydrogen-bond acceptors (Lipinski definition) is 6. The van der Waals surface area contributed by atoms with Crippen molar-refractivity contribution in [3.63, 3.8) is 0 Å². The van der Waals surface area contributed by atoms with Gasteiger partial charge in [-0.1, -0.05) is 14.8 Å². The number of rotatable bonds is 4. The van der Waals surface area contributed by atoms with Gasteiger partial charge in [-0.15, -0.1) is 0 Å². The predicted octanol–water partition coefficient (Wildman–Crippen LogP) is -1.16. The van der Waals surface area contributed by atoms with Crippen molar-refractivity contribution in [3.05, 3.63) is 20.2 Å². The number of hydrogen-bond donors (Lipinski definition) is 1. The predicted molar refractivity (Wildman–Crippen MR) is 51.7 cm³/mol. The zero-order chi connectivity index (χ0) is 12.6. The zero-order valence-electron chi connectivity index (χ0n) is 8.86. The average molecular weight is 232 g/mol. The smallest absolute Gasteiger partial charge is 0.417 e. The van der Waals surface area contributed by atoms with Gasteiger partial charge in [-0.2, -0.15) is 0 Å². The number of quaternary nitrogens is 1. The van der Waals surface area contributed by atoms with Gasteiger partial charge in [-0.25, -0.2) is 0 Å². The summed E-state index contributed by atoms with van der Waals surface area (Å²) in [5.41, 5.74) is 0. The largest absolute Gasteiger partial charge is 0.418 e. The van der Waals surface area contributed by atoms with Crippen LogP contribution in [0.5, 0.6) is 0 Å². The average Bonchev–Trinajstić information content (AvgIpc) is 2.68. The van der Waals surface area contributed by atoms with Crippen LogP contribution in [0.2, 0.25) is 0 Å². The van der Waals surface area contributed by atoms with Crippen molar-refractivity contribution in [2.75, 3.05) is 13.1 Å². The quantitative estimate of drug-likeness (QED) is 0.509. The summed E-state index contributed by atoms with van der Waals surface area (Å²) in [4.78, 5) is 20.7. The van der Waals surface area contributed by atoms with Crippen molar-refractivity contribution in [2.45, 2.75) is 13.8 Å². The summed E-state index contributed by atoms with van der Waals surface area (Å²) >= 11 is 0. The van der Waals surface area contributed by atoms with E-state index in [9.17, 15) is 20.2 Å². The van der Waals surface area contributed by atoms with E-state index in [0.717, 1.165) is 0 Å². The van der Waals surface area contributed by atoms with E-state index < -0.39 is 21.7 Å². The molecule has 0 aliphatic carbocycles. The molecule has 1 aromatic heterocycles. The SMILES string of the molecule is CC[NH2+]CC.O=[N+]([O-])c1nnc([N+](=O)[O-])[n-]1. The first kappa shape index (κ1) is 13.9. The van der Waals surface area contributed by atoms with Crippen molar-refractivity contribution >= 4 is 11.9 Å². The Bertz CT molecular complexity index is 320. The topological polar surface area (TPSA) is 143 Å². The Balaban J connectivity index is 0.000000385. The van der Waals surface area contributed by atoms with Gasteiger partial charge in [-0.3, -0.25) is 0 Å². The summed E-state index contributed by atoms with van der Waals surface area (Å²) in [5.74, 6) is -1.73. The van der Waals surface area contributed by atoms with E-state index in [0.29, 0.717) is 0 Å². The second-order valence-electron chi connectivity index (χ2n) is 2.53. The molecule has 0 saturated carbocycles. The van der Waals surface area contributed by atoms with Crippen LogP contribution in [0.3, 0.4) is 0 Å². The fraction of sp³-hybridized carbons (Fsp3) is 0.667. The van der Waals surface area contributed by atoms with E-state index in [1.807, 2.05) is 0 Å². The molecular weight excluding hydrogens is 220 g/mol. The van der Waals surface area contributed by atoms with Gasteiger partial charge >= 0.3 is 11.9 Å². The molecule has 1 aromatic rings. The van der Waals surface area contributed by atoms with Gasteiger partial charge in [0.1, 0.15) is 0 Å². The van der Waals surface area contributed by atoms with E-state index >= 15 is 0 Å². The molecular formula is C6H12N6O4. The van der Waals surface area contributed by atoms with Crippen molar-refractivity contribution in [1.29, 1.82) is 0 Å². The summed E-state index contributed by atoms with van der Waals surface area (Å²) in [7, 11) is 0. The first-order valence-electron chi connectivity index (χ1n) is 4.50. The fourth-order valence-electron chi connectivity index (χ4n) is 0.667. The summed E-state index contributed by atoms with van der Waals surface area (Å²) in [6, 6.07) is 0. The van der Waals surface area contributed by atoms with Gasteiger partial charge in [-0.05, 0) is 13.8 Å². The zero-order valence-corrected chi connectivity index (χ0v) is 8.86. The van der Waals surface area contributed by atoms with Gasteiger partial charge in [0.25, 0.3) is 0 Å². The molecule has 0 saturated heterocycles. The highest BCUT2D eigenvalue weighted by Crippen LogP contribution is 2.04. The molecule has 1 heterocycles. The molecule has 0 atom stereocenters. The molecule has 2 N–H and O–H groups in total. The maximum atomic E-state index is 9.85. The van der Waals surface area contributed by atoms with Crippen LogP contribution in [-0.2, 0) is 0 Å². The summed E-state index contributed by atoms with van der Waals surface area (Å²) in [6.45, 7) is 6.75. The molecule has 0 spiro atoms. The highest BCUT2D eigenvalue weighted by atomic mass is 16.6. The summed E-state index contributed by atoms with van der Waals surface area (Å²) in [6.07, 6.45) is 0. The minimum atomic E-state index is -0.958. The van der Waals surface area contributed by atoms with Gasteiger partial charge in [0.2, 0.25) is 0 Å². The van der Waals surface area contributed by atoms with Crippen molar-refractivity contribution in [3.8, 4) is 0 Å². The van der Waals surface area contributed by atoms with Gasteiger partial charge in [0.15, 0.2) is 0 Å². The van der Waals surface area contributed by atoms with Crippen LogP contribution >= 0.6 is 0 Å². The standard InChI is InChI=1S/C4H11N.C2N5O4/c1-3-5-4-2;8-6(9)1-3-2(5-4-1)7(10)11/h5H,3-4H2,1-2H3;/q;-1/p+1. The summed E-state index contributed by atoms with van der Waals surface area (Å²) < 4.78 is 0. The molecule has 0 unspecified atom stereocenters. The second kappa shape index (κ2) is 7.23. The summed E-state index contributed by atoms with van der Waals surface area (Å²) in [5, 5.41) is 27.6. The normalized spacial score (nSPS) is 9.12. The minimum absolute atomic E-state index is 0.864. The van der Waals surface area contributed by atoms with Crippen LogP contribution in [0, 0.1) is 20.2 Å². The minimum Gasteiger partial charge on any atom is -0.417 e. The first-order chi connectivity index (χ1) is 7.52. The Morgan fingerprint density at radius 1 is 1.12 bits per heavy atom. The molecule has 16 heavy (non-hydrogen) atoms. The van der Waals surface area contributed by atoms with Crippen molar-refractivity contribution in [2.24, 2.45) is 0 Å². The van der Waals surface area contributed by atoms with Crippen LogP contribution in [-0.4, -0.2) is 33.1 Å². The highest BCUT2D eigenvalue weighted by Gasteiger charge is 2.15. The molecule has 0 aliphatic heterocycles. The van der Waals surface area contributed by atoms with Crippen molar-refractivity contribution in [1.82, 2.24) is 15.2 Å². The van der Waals surface area contributed by atoms with E-state index in [1.54, 1.807) is 0 Å². The monoisotopic (exact) mass is 232 g/mol. The molecule has 0 aromatic carbocycles. The Morgan fingerprint density at radius 2 is 1.50 bits per heavy atom. The van der Waals surface area contributed by atoms with Gasteiger partial charge in [0.05, 0.1) is 13.1 Å². The maximum absolute atomic E-state index is 9.85. The molecule has 0 amide bonds. The third kappa shape index (κ3) is 4.95. The molecule has 90 valence electrons. The van der Waals surface area contributed by atoms with E-state index in [4.69, 9.17) is 0 Å². The van der Waals surface area contributed by atoms with E-state index in [1.165, 1.54) is 13.1 Å². The second-order valence-corrected chi connectivity index (χ2v) is 2.53. The molecule has 0 fully saturated rings. The van der Waals surface area contributed by atoms with E-state index in [-0.39, 0.29) is 0 Å². The number of aromatic nitrogens is 3. The van der Waals surface area contributed by atoms with Gasteiger partial charge in [0, 0.05) is 10.2 Å². The fourth-order valence-corrected chi connectivity index (χ4v) is 0.667. The lowest BCUT2D eigenvalue weighted by Gasteiger charge is -1.88. The molecule has 1 rings (SSSR count). The molecule has 10 nitrogen and oxygen atoms in total. The lowest BCUT2D eigenvalue weighted by molar-refractivity contribution is -0.648. The Hall–Kier alpha value is -2.10. The number of nitrogens with zero attached hydrogens (tertiary/aromatic N) is 5. The molecule has 0 radical (unpaired) electrons.